The lowest BCUT2D eigenvalue weighted by molar-refractivity contribution is 0.111. The first-order valence-electron chi connectivity index (χ1n) is 7.38. The van der Waals surface area contributed by atoms with Crippen LogP contribution < -0.4 is 5.32 Å². The zero-order valence-electron chi connectivity index (χ0n) is 12.9. The molecule has 3 heteroatoms. The summed E-state index contributed by atoms with van der Waals surface area (Å²) >= 11 is 0. The summed E-state index contributed by atoms with van der Waals surface area (Å²) in [7, 11) is 1.83. The maximum Gasteiger partial charge on any atom is 0.134 e. The summed E-state index contributed by atoms with van der Waals surface area (Å²) in [6.07, 6.45) is 2.93. The molecule has 1 atom stereocenters. The van der Waals surface area contributed by atoms with Crippen LogP contribution in [0.2, 0.25) is 0 Å². The third-order valence-electron chi connectivity index (χ3n) is 3.58. The van der Waals surface area contributed by atoms with Crippen molar-refractivity contribution in [1.29, 1.82) is 5.26 Å². The van der Waals surface area contributed by atoms with Gasteiger partial charge in [-0.25, -0.2) is 0 Å². The third-order valence-corrected chi connectivity index (χ3v) is 3.58. The van der Waals surface area contributed by atoms with E-state index in [-0.39, 0.29) is 0 Å². The number of nitriles is 1. The highest BCUT2D eigenvalue weighted by atomic mass is 16.5. The normalized spacial score (nSPS) is 13.9. The first-order chi connectivity index (χ1) is 9.64. The van der Waals surface area contributed by atoms with E-state index in [1.165, 1.54) is 6.42 Å². The third kappa shape index (κ3) is 4.96. The second-order valence-corrected chi connectivity index (χ2v) is 5.53. The molecule has 0 heterocycles. The van der Waals surface area contributed by atoms with Crippen molar-refractivity contribution in [2.75, 3.05) is 20.3 Å². The smallest absolute Gasteiger partial charge is 0.134 e. The highest BCUT2D eigenvalue weighted by Crippen LogP contribution is 2.24. The average Bonchev–Trinajstić information content (AvgIpc) is 2.48. The minimum Gasteiger partial charge on any atom is -0.381 e. The summed E-state index contributed by atoms with van der Waals surface area (Å²) < 4.78 is 5.67. The number of ether oxygens (including phenoxy) is 1. The van der Waals surface area contributed by atoms with Gasteiger partial charge in [-0.3, -0.25) is 5.32 Å². The molecule has 0 aliphatic heterocycles. The molecular weight excluding hydrogens is 248 g/mol. The molecule has 0 radical (unpaired) electrons. The lowest BCUT2D eigenvalue weighted by Crippen LogP contribution is -2.39. The molecular formula is C17H26N2O. The van der Waals surface area contributed by atoms with E-state index < -0.39 is 5.54 Å². The molecule has 1 unspecified atom stereocenters. The lowest BCUT2D eigenvalue weighted by atomic mass is 9.88. The molecule has 20 heavy (non-hydrogen) atoms. The molecule has 0 aliphatic rings. The monoisotopic (exact) mass is 274 g/mol. The van der Waals surface area contributed by atoms with Crippen molar-refractivity contribution >= 4 is 0 Å². The van der Waals surface area contributed by atoms with E-state index in [1.807, 2.05) is 37.4 Å². The van der Waals surface area contributed by atoms with Crippen LogP contribution in [0.3, 0.4) is 0 Å². The number of benzene rings is 1. The Hall–Kier alpha value is -1.37. The van der Waals surface area contributed by atoms with Crippen molar-refractivity contribution in [3.05, 3.63) is 35.9 Å². The Morgan fingerprint density at radius 1 is 1.25 bits per heavy atom. The van der Waals surface area contributed by atoms with Gasteiger partial charge in [0.15, 0.2) is 0 Å². The van der Waals surface area contributed by atoms with Crippen LogP contribution in [0.1, 0.15) is 38.7 Å². The highest BCUT2D eigenvalue weighted by molar-refractivity contribution is 5.31. The fraction of sp³-hybridized carbons (Fsp3) is 0.588. The van der Waals surface area contributed by atoms with Crippen molar-refractivity contribution < 1.29 is 4.74 Å². The molecule has 1 aromatic rings. The Labute approximate surface area is 123 Å². The number of hydrogen-bond acceptors (Lipinski definition) is 3. The van der Waals surface area contributed by atoms with Gasteiger partial charge in [0.25, 0.3) is 0 Å². The molecule has 0 bridgehead atoms. The van der Waals surface area contributed by atoms with Crippen molar-refractivity contribution in [3.8, 4) is 6.07 Å². The van der Waals surface area contributed by atoms with Gasteiger partial charge in [-0.15, -0.1) is 0 Å². The van der Waals surface area contributed by atoms with Gasteiger partial charge in [0.2, 0.25) is 0 Å². The Morgan fingerprint density at radius 3 is 2.50 bits per heavy atom. The van der Waals surface area contributed by atoms with Crippen molar-refractivity contribution in [2.45, 2.75) is 38.6 Å². The van der Waals surface area contributed by atoms with Crippen LogP contribution in [0.4, 0.5) is 0 Å². The van der Waals surface area contributed by atoms with Crippen LogP contribution in [0.15, 0.2) is 30.3 Å². The van der Waals surface area contributed by atoms with Crippen LogP contribution >= 0.6 is 0 Å². The number of rotatable bonds is 9. The van der Waals surface area contributed by atoms with Crippen LogP contribution in [-0.4, -0.2) is 20.3 Å². The van der Waals surface area contributed by atoms with E-state index in [2.05, 4.69) is 25.2 Å². The molecule has 0 spiro atoms. The Morgan fingerprint density at radius 2 is 1.95 bits per heavy atom. The summed E-state index contributed by atoms with van der Waals surface area (Å²) in [6, 6.07) is 12.3. The molecule has 3 nitrogen and oxygen atoms in total. The standard InChI is InChI=1S/C17H26N2O/c1-15(2)8-7-12-20-13-11-17(14-18,19-3)16-9-5-4-6-10-16/h4-6,9-10,15,19H,7-8,11-13H2,1-3H3. The predicted molar refractivity (Wildman–Crippen MR) is 82.3 cm³/mol. The first-order valence-corrected chi connectivity index (χ1v) is 7.38. The van der Waals surface area contributed by atoms with Gasteiger partial charge in [0.05, 0.1) is 6.07 Å². The maximum absolute atomic E-state index is 9.54. The zero-order valence-corrected chi connectivity index (χ0v) is 12.9. The molecule has 1 aromatic carbocycles. The minimum atomic E-state index is -0.653. The first kappa shape index (κ1) is 16.7. The number of nitrogens with zero attached hydrogens (tertiary/aromatic N) is 1. The van der Waals surface area contributed by atoms with Gasteiger partial charge < -0.3 is 4.74 Å². The molecule has 0 aromatic heterocycles. The Balaban J connectivity index is 2.47. The van der Waals surface area contributed by atoms with E-state index in [0.717, 1.165) is 24.5 Å². The summed E-state index contributed by atoms with van der Waals surface area (Å²) in [5.41, 5.74) is 0.343. The van der Waals surface area contributed by atoms with E-state index in [4.69, 9.17) is 4.74 Å². The second-order valence-electron chi connectivity index (χ2n) is 5.53. The fourth-order valence-corrected chi connectivity index (χ4v) is 2.23. The second kappa shape index (κ2) is 8.73. The molecule has 0 saturated heterocycles. The summed E-state index contributed by atoms with van der Waals surface area (Å²) in [5, 5.41) is 12.7. The quantitative estimate of drug-likeness (QED) is 0.701. The summed E-state index contributed by atoms with van der Waals surface area (Å²) in [4.78, 5) is 0. The van der Waals surface area contributed by atoms with Crippen LogP contribution in [0, 0.1) is 17.2 Å². The maximum atomic E-state index is 9.54. The largest absolute Gasteiger partial charge is 0.381 e. The Kier molecular flexibility index (Phi) is 7.28. The predicted octanol–water partition coefficient (Wildman–Crippen LogP) is 3.47. The molecule has 1 rings (SSSR count). The molecule has 0 amide bonds. The summed E-state index contributed by atoms with van der Waals surface area (Å²) in [5.74, 6) is 0.721. The van der Waals surface area contributed by atoms with Crippen molar-refractivity contribution in [3.63, 3.8) is 0 Å². The lowest BCUT2D eigenvalue weighted by Gasteiger charge is -2.26. The van der Waals surface area contributed by atoms with E-state index in [1.54, 1.807) is 0 Å². The molecule has 0 fully saturated rings. The van der Waals surface area contributed by atoms with Crippen molar-refractivity contribution in [2.24, 2.45) is 5.92 Å². The SMILES string of the molecule is CNC(C#N)(CCOCCCC(C)C)c1ccccc1. The van der Waals surface area contributed by atoms with Gasteiger partial charge in [-0.2, -0.15) is 5.26 Å². The van der Waals surface area contributed by atoms with Crippen LogP contribution in [0.25, 0.3) is 0 Å². The minimum absolute atomic E-state index is 0.599. The molecule has 0 saturated carbocycles. The van der Waals surface area contributed by atoms with E-state index >= 15 is 0 Å². The van der Waals surface area contributed by atoms with Crippen LogP contribution in [-0.2, 0) is 10.3 Å². The molecule has 1 N–H and O–H groups in total. The van der Waals surface area contributed by atoms with E-state index in [9.17, 15) is 5.26 Å². The van der Waals surface area contributed by atoms with Gasteiger partial charge in [0, 0.05) is 19.6 Å². The van der Waals surface area contributed by atoms with Gasteiger partial charge in [0.1, 0.15) is 5.54 Å². The highest BCUT2D eigenvalue weighted by Gasteiger charge is 2.29. The zero-order chi connectivity index (χ0) is 14.8. The fourth-order valence-electron chi connectivity index (χ4n) is 2.23. The number of hydrogen-bond donors (Lipinski definition) is 1. The van der Waals surface area contributed by atoms with E-state index in [0.29, 0.717) is 13.0 Å². The van der Waals surface area contributed by atoms with Crippen LogP contribution in [0.5, 0.6) is 0 Å². The number of nitrogens with one attached hydrogen (secondary N) is 1. The van der Waals surface area contributed by atoms with Gasteiger partial charge in [-0.1, -0.05) is 44.2 Å². The topological polar surface area (TPSA) is 45.0 Å². The van der Waals surface area contributed by atoms with Gasteiger partial charge in [-0.05, 0) is 31.4 Å². The Bertz CT molecular complexity index is 411. The van der Waals surface area contributed by atoms with Gasteiger partial charge >= 0.3 is 0 Å². The molecule has 0 aliphatic carbocycles. The average molecular weight is 274 g/mol. The summed E-state index contributed by atoms with van der Waals surface area (Å²) in [6.45, 7) is 5.81. The van der Waals surface area contributed by atoms with Crippen molar-refractivity contribution in [1.82, 2.24) is 5.32 Å². The molecule has 110 valence electrons.